The Morgan fingerprint density at radius 3 is 2.60 bits per heavy atom. The number of nitriles is 1. The van der Waals surface area contributed by atoms with E-state index in [1.807, 2.05) is 13.0 Å². The highest BCUT2D eigenvalue weighted by Crippen LogP contribution is 1.87. The summed E-state index contributed by atoms with van der Waals surface area (Å²) in [5.41, 5.74) is 0. The zero-order valence-corrected chi connectivity index (χ0v) is 6.46. The Morgan fingerprint density at radius 1 is 1.60 bits per heavy atom. The fourth-order valence-corrected chi connectivity index (χ4v) is 0.581. The summed E-state index contributed by atoms with van der Waals surface area (Å²) in [6.45, 7) is 4.19. The van der Waals surface area contributed by atoms with Gasteiger partial charge in [0.05, 0.1) is 18.6 Å². The van der Waals surface area contributed by atoms with Gasteiger partial charge in [0.15, 0.2) is 0 Å². The summed E-state index contributed by atoms with van der Waals surface area (Å²) >= 11 is 0. The number of nitrogens with one attached hydrogen (secondary N) is 1. The summed E-state index contributed by atoms with van der Waals surface area (Å²) in [4.78, 5) is 0. The average Bonchev–Trinajstić information content (AvgIpc) is 1.85. The topological polar surface area (TPSA) is 56.0 Å². The van der Waals surface area contributed by atoms with Crippen LogP contribution in [0.2, 0.25) is 0 Å². The van der Waals surface area contributed by atoms with Gasteiger partial charge in [-0.05, 0) is 13.8 Å². The molecule has 2 atom stereocenters. The molecule has 0 fully saturated rings. The van der Waals surface area contributed by atoms with Crippen molar-refractivity contribution >= 4 is 0 Å². The van der Waals surface area contributed by atoms with Crippen LogP contribution in [0.3, 0.4) is 0 Å². The minimum Gasteiger partial charge on any atom is -0.392 e. The van der Waals surface area contributed by atoms with E-state index < -0.39 is 0 Å². The summed E-state index contributed by atoms with van der Waals surface area (Å²) in [6, 6.07) is 2.23. The first-order valence-electron chi connectivity index (χ1n) is 3.45. The fraction of sp³-hybridized carbons (Fsp3) is 0.857. The molecule has 0 bridgehead atoms. The van der Waals surface area contributed by atoms with Gasteiger partial charge in [0.2, 0.25) is 0 Å². The van der Waals surface area contributed by atoms with Crippen LogP contribution >= 0.6 is 0 Å². The summed E-state index contributed by atoms with van der Waals surface area (Å²) in [6.07, 6.45) is 0.161. The molecule has 0 aromatic carbocycles. The molecule has 0 aliphatic carbocycles. The fourth-order valence-electron chi connectivity index (χ4n) is 0.581. The highest BCUT2D eigenvalue weighted by molar-refractivity contribution is 4.77. The molecular formula is C7H14N2O. The van der Waals surface area contributed by atoms with Gasteiger partial charge in [-0.2, -0.15) is 5.26 Å². The van der Waals surface area contributed by atoms with Gasteiger partial charge >= 0.3 is 0 Å². The van der Waals surface area contributed by atoms with E-state index in [0.717, 1.165) is 0 Å². The SMILES string of the molecule is CC(O)CNC(C)CC#N. The monoisotopic (exact) mass is 142 g/mol. The van der Waals surface area contributed by atoms with Crippen molar-refractivity contribution in [2.24, 2.45) is 0 Å². The van der Waals surface area contributed by atoms with E-state index in [-0.39, 0.29) is 12.1 Å². The maximum atomic E-state index is 8.82. The third-order valence-electron chi connectivity index (χ3n) is 1.16. The summed E-state index contributed by atoms with van der Waals surface area (Å²) in [7, 11) is 0. The minimum absolute atomic E-state index is 0.180. The molecule has 0 radical (unpaired) electrons. The van der Waals surface area contributed by atoms with Crippen LogP contribution in [0.4, 0.5) is 0 Å². The van der Waals surface area contributed by atoms with Crippen LogP contribution in [0.15, 0.2) is 0 Å². The van der Waals surface area contributed by atoms with Crippen molar-refractivity contribution < 1.29 is 5.11 Å². The predicted molar refractivity (Wildman–Crippen MR) is 39.4 cm³/mol. The molecule has 58 valence electrons. The molecule has 0 aliphatic heterocycles. The molecular weight excluding hydrogens is 128 g/mol. The average molecular weight is 142 g/mol. The van der Waals surface area contributed by atoms with Gasteiger partial charge in [-0.15, -0.1) is 0 Å². The number of hydrogen-bond donors (Lipinski definition) is 2. The van der Waals surface area contributed by atoms with Crippen LogP contribution in [-0.2, 0) is 0 Å². The second kappa shape index (κ2) is 5.21. The normalized spacial score (nSPS) is 15.8. The Labute approximate surface area is 61.7 Å². The zero-order valence-electron chi connectivity index (χ0n) is 6.46. The molecule has 10 heavy (non-hydrogen) atoms. The Balaban J connectivity index is 3.23. The van der Waals surface area contributed by atoms with Gasteiger partial charge in [0.25, 0.3) is 0 Å². The van der Waals surface area contributed by atoms with Crippen LogP contribution in [0.5, 0.6) is 0 Å². The third-order valence-corrected chi connectivity index (χ3v) is 1.16. The van der Waals surface area contributed by atoms with Gasteiger partial charge < -0.3 is 10.4 Å². The molecule has 0 heterocycles. The van der Waals surface area contributed by atoms with Crippen LogP contribution in [0.1, 0.15) is 20.3 Å². The van der Waals surface area contributed by atoms with Crippen molar-refractivity contribution in [3.8, 4) is 6.07 Å². The lowest BCUT2D eigenvalue weighted by Gasteiger charge is -2.10. The summed E-state index contributed by atoms with van der Waals surface area (Å²) in [5, 5.41) is 20.1. The highest BCUT2D eigenvalue weighted by Gasteiger charge is 2.00. The van der Waals surface area contributed by atoms with Crippen molar-refractivity contribution in [3.05, 3.63) is 0 Å². The molecule has 0 aromatic heterocycles. The van der Waals surface area contributed by atoms with E-state index in [2.05, 4.69) is 5.32 Å². The van der Waals surface area contributed by atoms with E-state index in [9.17, 15) is 0 Å². The molecule has 2 N–H and O–H groups in total. The number of rotatable bonds is 4. The van der Waals surface area contributed by atoms with Crippen molar-refractivity contribution in [3.63, 3.8) is 0 Å². The first kappa shape index (κ1) is 9.41. The van der Waals surface area contributed by atoms with Gasteiger partial charge in [-0.1, -0.05) is 0 Å². The molecule has 2 unspecified atom stereocenters. The lowest BCUT2D eigenvalue weighted by Crippen LogP contribution is -2.32. The molecule has 0 saturated heterocycles. The molecule has 0 saturated carbocycles. The zero-order chi connectivity index (χ0) is 7.98. The molecule has 0 amide bonds. The van der Waals surface area contributed by atoms with E-state index in [1.54, 1.807) is 6.92 Å². The minimum atomic E-state index is -0.332. The molecule has 0 aliphatic rings. The maximum absolute atomic E-state index is 8.82. The number of hydrogen-bond acceptors (Lipinski definition) is 3. The Bertz CT molecular complexity index is 117. The second-order valence-electron chi connectivity index (χ2n) is 2.52. The molecule has 3 heteroatoms. The first-order valence-corrected chi connectivity index (χ1v) is 3.45. The van der Waals surface area contributed by atoms with E-state index in [4.69, 9.17) is 10.4 Å². The van der Waals surface area contributed by atoms with Crippen molar-refractivity contribution in [1.29, 1.82) is 5.26 Å². The Kier molecular flexibility index (Phi) is 4.91. The summed E-state index contributed by atoms with van der Waals surface area (Å²) in [5.74, 6) is 0. The van der Waals surface area contributed by atoms with Gasteiger partial charge in [-0.3, -0.25) is 0 Å². The Hall–Kier alpha value is -0.590. The largest absolute Gasteiger partial charge is 0.392 e. The summed E-state index contributed by atoms with van der Waals surface area (Å²) < 4.78 is 0. The van der Waals surface area contributed by atoms with E-state index >= 15 is 0 Å². The van der Waals surface area contributed by atoms with Gasteiger partial charge in [0, 0.05) is 12.6 Å². The van der Waals surface area contributed by atoms with Crippen LogP contribution in [0.25, 0.3) is 0 Å². The number of aliphatic hydroxyl groups excluding tert-OH is 1. The van der Waals surface area contributed by atoms with Crippen LogP contribution in [0, 0.1) is 11.3 Å². The van der Waals surface area contributed by atoms with Gasteiger partial charge in [-0.25, -0.2) is 0 Å². The lowest BCUT2D eigenvalue weighted by molar-refractivity contribution is 0.187. The molecule has 0 spiro atoms. The molecule has 3 nitrogen and oxygen atoms in total. The van der Waals surface area contributed by atoms with Crippen LogP contribution < -0.4 is 5.32 Å². The van der Waals surface area contributed by atoms with Crippen LogP contribution in [-0.4, -0.2) is 23.8 Å². The second-order valence-corrected chi connectivity index (χ2v) is 2.52. The van der Waals surface area contributed by atoms with Crippen molar-refractivity contribution in [1.82, 2.24) is 5.32 Å². The number of nitrogens with zero attached hydrogens (tertiary/aromatic N) is 1. The van der Waals surface area contributed by atoms with E-state index in [1.165, 1.54) is 0 Å². The van der Waals surface area contributed by atoms with Crippen molar-refractivity contribution in [2.45, 2.75) is 32.4 Å². The lowest BCUT2D eigenvalue weighted by atomic mass is 10.2. The Morgan fingerprint density at radius 2 is 2.20 bits per heavy atom. The smallest absolute Gasteiger partial charge is 0.0638 e. The highest BCUT2D eigenvalue weighted by atomic mass is 16.3. The quantitative estimate of drug-likeness (QED) is 0.592. The predicted octanol–water partition coefficient (Wildman–Crippen LogP) is 0.259. The first-order chi connectivity index (χ1) is 4.66. The molecule has 0 rings (SSSR count). The third kappa shape index (κ3) is 5.54. The molecule has 0 aromatic rings. The number of aliphatic hydroxyl groups is 1. The standard InChI is InChI=1S/C7H14N2O/c1-6(3-4-8)9-5-7(2)10/h6-7,9-10H,3,5H2,1-2H3. The maximum Gasteiger partial charge on any atom is 0.0638 e. The van der Waals surface area contributed by atoms with E-state index in [0.29, 0.717) is 13.0 Å². The van der Waals surface area contributed by atoms with Crippen molar-refractivity contribution in [2.75, 3.05) is 6.54 Å². The van der Waals surface area contributed by atoms with Gasteiger partial charge in [0.1, 0.15) is 0 Å².